The molecule has 0 bridgehead atoms. The molecule has 0 saturated carbocycles. The molecule has 0 N–H and O–H groups in total. The third-order valence-corrected chi connectivity index (χ3v) is 6.44. The lowest BCUT2D eigenvalue weighted by Gasteiger charge is -2.29. The lowest BCUT2D eigenvalue weighted by Crippen LogP contribution is -2.33. The average molecular weight is 354 g/mol. The van der Waals surface area contributed by atoms with Crippen molar-refractivity contribution in [2.45, 2.75) is 13.8 Å². The highest BCUT2D eigenvalue weighted by atomic mass is 31.2. The molecular weight excluding hydrogens is 335 g/mol. The number of carbonyl (C=O) groups is 1. The third-order valence-electron chi connectivity index (χ3n) is 3.52. The standard InChI is InChI=1S/C19H19N2O3P/c1-15(2)13-14-24-19(22)18(21-20)25(23,16-9-5-3-6-10-16)17-11-7-4-8-12-17/h3-13H,14H2,1-2H3. The molecule has 0 aliphatic rings. The lowest BCUT2D eigenvalue weighted by molar-refractivity contribution is -0.156. The van der Waals surface area contributed by atoms with Gasteiger partial charge >= 0.3 is 11.4 Å². The van der Waals surface area contributed by atoms with Gasteiger partial charge in [-0.1, -0.05) is 66.2 Å². The number of allylic oxidation sites excluding steroid dienone is 1. The van der Waals surface area contributed by atoms with Crippen LogP contribution in [-0.2, 0) is 9.53 Å². The molecule has 0 aliphatic carbocycles. The van der Waals surface area contributed by atoms with Crippen molar-refractivity contribution in [3.8, 4) is 0 Å². The Balaban J connectivity index is 2.64. The molecule has 128 valence electrons. The van der Waals surface area contributed by atoms with Crippen molar-refractivity contribution in [1.29, 1.82) is 5.39 Å². The van der Waals surface area contributed by atoms with Gasteiger partial charge in [0.2, 0.25) is 5.39 Å². The molecule has 0 amide bonds. The Morgan fingerprint density at radius 2 is 1.56 bits per heavy atom. The number of ether oxygens (including phenoxy) is 1. The molecule has 0 aromatic heterocycles. The zero-order valence-electron chi connectivity index (χ0n) is 14.1. The second kappa shape index (κ2) is 8.43. The highest BCUT2D eigenvalue weighted by molar-refractivity contribution is 7.85. The minimum atomic E-state index is -3.65. The van der Waals surface area contributed by atoms with Crippen LogP contribution in [0.5, 0.6) is 0 Å². The molecular formula is C19H19N2O3P. The number of hydrogen-bond acceptors (Lipinski definition) is 4. The van der Waals surface area contributed by atoms with Gasteiger partial charge in [-0.25, -0.2) is 4.79 Å². The van der Waals surface area contributed by atoms with Crippen LogP contribution in [0.25, 0.3) is 4.98 Å². The quantitative estimate of drug-likeness (QED) is 0.358. The lowest BCUT2D eigenvalue weighted by atomic mass is 10.3. The number of rotatable bonds is 5. The number of diazo groups is 1. The Labute approximate surface area is 147 Å². The van der Waals surface area contributed by atoms with E-state index in [9.17, 15) is 15.1 Å². The van der Waals surface area contributed by atoms with E-state index in [4.69, 9.17) is 4.74 Å². The topological polar surface area (TPSA) is 77.5 Å². The Morgan fingerprint density at radius 1 is 1.08 bits per heavy atom. The molecule has 0 spiro atoms. The molecule has 2 rings (SSSR count). The van der Waals surface area contributed by atoms with E-state index in [0.717, 1.165) is 5.57 Å². The van der Waals surface area contributed by atoms with Crippen LogP contribution in [-0.4, -0.2) is 18.0 Å². The van der Waals surface area contributed by atoms with Crippen molar-refractivity contribution in [1.82, 2.24) is 0 Å². The second-order valence-corrected chi connectivity index (χ2v) is 8.26. The molecule has 0 heterocycles. The summed E-state index contributed by atoms with van der Waals surface area (Å²) in [6, 6.07) is 17.0. The fourth-order valence-electron chi connectivity index (χ4n) is 2.25. The largest absolute Gasteiger partial charge is 0.816 e. The van der Waals surface area contributed by atoms with Crippen LogP contribution in [0.15, 0.2) is 72.3 Å². The van der Waals surface area contributed by atoms with E-state index in [-0.39, 0.29) is 6.61 Å². The maximum absolute atomic E-state index is 13.9. The van der Waals surface area contributed by atoms with Gasteiger partial charge in [-0.15, -0.1) is 0 Å². The van der Waals surface area contributed by atoms with Crippen LogP contribution < -0.4 is 15.5 Å². The van der Waals surface area contributed by atoms with Gasteiger partial charge in [0.15, 0.2) is 4.98 Å². The summed E-state index contributed by atoms with van der Waals surface area (Å²) in [7, 11) is -3.65. The molecule has 0 radical (unpaired) electrons. The average Bonchev–Trinajstić information content (AvgIpc) is 2.63. The molecule has 5 nitrogen and oxygen atoms in total. The highest BCUT2D eigenvalue weighted by Gasteiger charge is 2.34. The maximum atomic E-state index is 13.9. The summed E-state index contributed by atoms with van der Waals surface area (Å²) < 4.78 is 5.12. The molecule has 0 saturated heterocycles. The van der Waals surface area contributed by atoms with E-state index in [1.54, 1.807) is 66.7 Å². The molecule has 2 aromatic rings. The smallest absolute Gasteiger partial charge is 0.452 e. The Kier molecular flexibility index (Phi) is 6.30. The van der Waals surface area contributed by atoms with Gasteiger partial charge in [-0.05, 0) is 37.6 Å². The second-order valence-electron chi connectivity index (χ2n) is 5.58. The van der Waals surface area contributed by atoms with Crippen molar-refractivity contribution in [3.63, 3.8) is 0 Å². The number of esters is 1. The fourth-order valence-corrected chi connectivity index (χ4v) is 4.67. The number of nitrogens with zero attached hydrogens (tertiary/aromatic N) is 2. The van der Waals surface area contributed by atoms with E-state index < -0.39 is 18.5 Å². The van der Waals surface area contributed by atoms with Gasteiger partial charge in [0.05, 0.1) is 0 Å². The first kappa shape index (κ1) is 18.7. The van der Waals surface area contributed by atoms with Gasteiger partial charge in [0.1, 0.15) is 6.61 Å². The first-order chi connectivity index (χ1) is 12.0. The van der Waals surface area contributed by atoms with E-state index in [1.807, 2.05) is 13.8 Å². The summed E-state index contributed by atoms with van der Waals surface area (Å²) in [5.74, 6) is -0.906. The third kappa shape index (κ3) is 4.24. The predicted octanol–water partition coefficient (Wildman–Crippen LogP) is 2.42. The summed E-state index contributed by atoms with van der Waals surface area (Å²) in [6.07, 6.45) is 1.71. The molecule has 0 fully saturated rings. The van der Waals surface area contributed by atoms with E-state index in [0.29, 0.717) is 10.6 Å². The molecule has 25 heavy (non-hydrogen) atoms. The monoisotopic (exact) mass is 354 g/mol. The Hall–Kier alpha value is -2.67. The molecule has 2 aromatic carbocycles. The van der Waals surface area contributed by atoms with Gasteiger partial charge in [0.25, 0.3) is 0 Å². The summed E-state index contributed by atoms with van der Waals surface area (Å²) in [6.45, 7) is 3.76. The van der Waals surface area contributed by atoms with Crippen molar-refractivity contribution < 1.29 is 14.4 Å². The van der Waals surface area contributed by atoms with Gasteiger partial charge in [0, 0.05) is 0 Å². The van der Waals surface area contributed by atoms with Crippen molar-refractivity contribution >= 4 is 29.1 Å². The van der Waals surface area contributed by atoms with Crippen LogP contribution in [0.1, 0.15) is 13.8 Å². The summed E-state index contributed by atoms with van der Waals surface area (Å²) >= 11 is 0. The number of benzene rings is 2. The fraction of sp³-hybridized carbons (Fsp3) is 0.158. The molecule has 0 unspecified atom stereocenters. The van der Waals surface area contributed by atoms with E-state index >= 15 is 0 Å². The van der Waals surface area contributed by atoms with Gasteiger partial charge < -0.3 is 9.63 Å². The Bertz CT molecular complexity index is 821. The van der Waals surface area contributed by atoms with E-state index in [1.165, 1.54) is 0 Å². The van der Waals surface area contributed by atoms with Crippen LogP contribution in [0.3, 0.4) is 0 Å². The summed E-state index contributed by atoms with van der Waals surface area (Å²) in [5, 5.41) is 10.3. The summed E-state index contributed by atoms with van der Waals surface area (Å²) in [5.41, 5.74) is 0.483. The number of carbonyl (C=O) groups excluding carboxylic acids is 1. The highest BCUT2D eigenvalue weighted by Crippen LogP contribution is 2.38. The van der Waals surface area contributed by atoms with E-state index in [2.05, 4.69) is 4.98 Å². The van der Waals surface area contributed by atoms with Crippen LogP contribution >= 0.6 is 7.11 Å². The predicted molar refractivity (Wildman–Crippen MR) is 99.6 cm³/mol. The first-order valence-electron chi connectivity index (χ1n) is 7.74. The number of hydrogen-bond donors (Lipinski definition) is 0. The Morgan fingerprint density at radius 3 is 1.96 bits per heavy atom. The van der Waals surface area contributed by atoms with Crippen LogP contribution in [0, 0.1) is 5.39 Å². The zero-order chi connectivity index (χ0) is 18.3. The van der Waals surface area contributed by atoms with Crippen molar-refractivity contribution in [2.24, 2.45) is 0 Å². The van der Waals surface area contributed by atoms with Gasteiger partial charge in [-0.2, -0.15) is 0 Å². The molecule has 6 heteroatoms. The maximum Gasteiger partial charge on any atom is 0.452 e. The SMILES string of the molecule is CC(C)=CCOC(=O)C([N+]#N)=P([O-])(c1ccccc1)c1ccccc1. The molecule has 0 atom stereocenters. The minimum absolute atomic E-state index is 0.0176. The van der Waals surface area contributed by atoms with Gasteiger partial charge in [-0.3, -0.25) is 0 Å². The molecule has 0 aliphatic heterocycles. The van der Waals surface area contributed by atoms with Crippen molar-refractivity contribution in [3.05, 3.63) is 77.3 Å². The summed E-state index contributed by atoms with van der Waals surface area (Å²) in [4.78, 5) is 29.4. The minimum Gasteiger partial charge on any atom is -0.816 e. The first-order valence-corrected chi connectivity index (χ1v) is 9.45. The van der Waals surface area contributed by atoms with Crippen molar-refractivity contribution in [2.75, 3.05) is 6.61 Å². The van der Waals surface area contributed by atoms with Crippen LogP contribution in [0.4, 0.5) is 0 Å². The normalized spacial score (nSPS) is 10.5. The van der Waals surface area contributed by atoms with Crippen LogP contribution in [0.2, 0.25) is 0 Å². The zero-order valence-corrected chi connectivity index (χ0v) is 15.0.